The van der Waals surface area contributed by atoms with Gasteiger partial charge in [-0.2, -0.15) is 13.2 Å². The Balaban J connectivity index is 1.74. The van der Waals surface area contributed by atoms with Crippen molar-refractivity contribution in [1.82, 2.24) is 4.90 Å². The van der Waals surface area contributed by atoms with Crippen molar-refractivity contribution in [1.29, 1.82) is 0 Å². The molecule has 4 nitrogen and oxygen atoms in total. The molecule has 0 radical (unpaired) electrons. The largest absolute Gasteiger partial charge is 0.490 e. The molecule has 1 aliphatic carbocycles. The lowest BCUT2D eigenvalue weighted by molar-refractivity contribution is -0.137. The lowest BCUT2D eigenvalue weighted by atomic mass is 10.0. The minimum atomic E-state index is -4.42. The Kier molecular flexibility index (Phi) is 6.35. The van der Waals surface area contributed by atoms with Crippen LogP contribution in [0.15, 0.2) is 48.5 Å². The SMILES string of the molecule is CCOc1ccccc1OCC(=O)N(C1CC1)[C@@H](C)c1cccc(C(F)(F)F)c1. The molecule has 0 unspecified atom stereocenters. The Morgan fingerprint density at radius 3 is 2.34 bits per heavy atom. The van der Waals surface area contributed by atoms with Gasteiger partial charge in [-0.05, 0) is 56.5 Å². The minimum Gasteiger partial charge on any atom is -0.490 e. The van der Waals surface area contributed by atoms with Gasteiger partial charge in [-0.15, -0.1) is 0 Å². The number of para-hydroxylation sites is 2. The first-order valence-corrected chi connectivity index (χ1v) is 9.64. The second-order valence-electron chi connectivity index (χ2n) is 7.00. The highest BCUT2D eigenvalue weighted by Crippen LogP contribution is 2.37. The third-order valence-corrected chi connectivity index (χ3v) is 4.84. The standard InChI is InChI=1S/C22H24F3NO3/c1-3-28-19-9-4-5-10-20(19)29-14-21(27)26(18-11-12-18)15(2)16-7-6-8-17(13-16)22(23,24)25/h4-10,13,15,18H,3,11-12,14H2,1-2H3/t15-/m0/s1. The van der Waals surface area contributed by atoms with Crippen LogP contribution in [0.3, 0.4) is 0 Å². The fraction of sp³-hybridized carbons (Fsp3) is 0.409. The molecule has 0 heterocycles. The number of carbonyl (C=O) groups excluding carboxylic acids is 1. The maximum Gasteiger partial charge on any atom is 0.416 e. The summed E-state index contributed by atoms with van der Waals surface area (Å²) >= 11 is 0. The van der Waals surface area contributed by atoms with Crippen LogP contribution in [0.2, 0.25) is 0 Å². The fourth-order valence-corrected chi connectivity index (χ4v) is 3.28. The first-order chi connectivity index (χ1) is 13.8. The average Bonchev–Trinajstić information content (AvgIpc) is 3.52. The highest BCUT2D eigenvalue weighted by Gasteiger charge is 2.37. The maximum absolute atomic E-state index is 13.1. The van der Waals surface area contributed by atoms with Crippen molar-refractivity contribution in [2.24, 2.45) is 0 Å². The molecular weight excluding hydrogens is 383 g/mol. The van der Waals surface area contributed by atoms with Crippen LogP contribution in [0.4, 0.5) is 13.2 Å². The van der Waals surface area contributed by atoms with E-state index < -0.39 is 17.8 Å². The number of hydrogen-bond acceptors (Lipinski definition) is 3. The van der Waals surface area contributed by atoms with Gasteiger partial charge in [0.25, 0.3) is 5.91 Å². The summed E-state index contributed by atoms with van der Waals surface area (Å²) in [5.41, 5.74) is -0.262. The van der Waals surface area contributed by atoms with Crippen LogP contribution in [0.1, 0.15) is 43.9 Å². The van der Waals surface area contributed by atoms with E-state index in [4.69, 9.17) is 9.47 Å². The molecule has 0 N–H and O–H groups in total. The van der Waals surface area contributed by atoms with Crippen LogP contribution < -0.4 is 9.47 Å². The van der Waals surface area contributed by atoms with Crippen molar-refractivity contribution >= 4 is 5.91 Å². The summed E-state index contributed by atoms with van der Waals surface area (Å²) < 4.78 is 50.3. The van der Waals surface area contributed by atoms with E-state index in [1.54, 1.807) is 36.1 Å². The first kappa shape index (κ1) is 21.0. The topological polar surface area (TPSA) is 38.8 Å². The molecule has 3 rings (SSSR count). The smallest absolute Gasteiger partial charge is 0.416 e. The molecule has 0 aromatic heterocycles. The van der Waals surface area contributed by atoms with E-state index in [1.807, 2.05) is 13.0 Å². The number of carbonyl (C=O) groups is 1. The predicted molar refractivity (Wildman–Crippen MR) is 103 cm³/mol. The molecule has 29 heavy (non-hydrogen) atoms. The van der Waals surface area contributed by atoms with Crippen LogP contribution >= 0.6 is 0 Å². The van der Waals surface area contributed by atoms with E-state index in [9.17, 15) is 18.0 Å². The van der Waals surface area contributed by atoms with E-state index in [0.29, 0.717) is 23.7 Å². The van der Waals surface area contributed by atoms with Gasteiger partial charge in [0.15, 0.2) is 18.1 Å². The third-order valence-electron chi connectivity index (χ3n) is 4.84. The molecular formula is C22H24F3NO3. The normalized spacial score (nSPS) is 14.9. The first-order valence-electron chi connectivity index (χ1n) is 9.64. The lowest BCUT2D eigenvalue weighted by Gasteiger charge is -2.30. The Bertz CT molecular complexity index is 849. The van der Waals surface area contributed by atoms with E-state index in [-0.39, 0.29) is 18.6 Å². The minimum absolute atomic E-state index is 0.0257. The number of alkyl halides is 3. The van der Waals surface area contributed by atoms with Crippen molar-refractivity contribution in [2.75, 3.05) is 13.2 Å². The Labute approximate surface area is 168 Å². The molecule has 156 valence electrons. The van der Waals surface area contributed by atoms with Gasteiger partial charge in [0.05, 0.1) is 18.2 Å². The number of amides is 1. The number of rotatable bonds is 8. The van der Waals surface area contributed by atoms with Crippen molar-refractivity contribution in [2.45, 2.75) is 44.9 Å². The number of hydrogen-bond donors (Lipinski definition) is 0. The van der Waals surface area contributed by atoms with Crippen LogP contribution in [-0.4, -0.2) is 30.1 Å². The Morgan fingerprint density at radius 1 is 1.10 bits per heavy atom. The molecule has 2 aromatic carbocycles. The highest BCUT2D eigenvalue weighted by molar-refractivity contribution is 5.79. The number of halogens is 3. The zero-order valence-electron chi connectivity index (χ0n) is 16.4. The van der Waals surface area contributed by atoms with Crippen LogP contribution in [-0.2, 0) is 11.0 Å². The average molecular weight is 407 g/mol. The van der Waals surface area contributed by atoms with E-state index >= 15 is 0 Å². The second kappa shape index (κ2) is 8.76. The molecule has 0 aliphatic heterocycles. The van der Waals surface area contributed by atoms with Gasteiger partial charge >= 0.3 is 6.18 Å². The second-order valence-corrected chi connectivity index (χ2v) is 7.00. The summed E-state index contributed by atoms with van der Waals surface area (Å²) in [7, 11) is 0. The molecule has 2 aromatic rings. The zero-order valence-corrected chi connectivity index (χ0v) is 16.4. The highest BCUT2D eigenvalue weighted by atomic mass is 19.4. The van der Waals surface area contributed by atoms with E-state index in [1.165, 1.54) is 6.07 Å². The van der Waals surface area contributed by atoms with Gasteiger partial charge in [0.1, 0.15) is 0 Å². The maximum atomic E-state index is 13.1. The molecule has 0 bridgehead atoms. The van der Waals surface area contributed by atoms with Gasteiger partial charge in [-0.3, -0.25) is 4.79 Å². The van der Waals surface area contributed by atoms with Gasteiger partial charge in [-0.1, -0.05) is 24.3 Å². The number of nitrogens with zero attached hydrogens (tertiary/aromatic N) is 1. The molecule has 0 spiro atoms. The lowest BCUT2D eigenvalue weighted by Crippen LogP contribution is -2.38. The van der Waals surface area contributed by atoms with Crippen molar-refractivity contribution < 1.29 is 27.4 Å². The van der Waals surface area contributed by atoms with Crippen LogP contribution in [0, 0.1) is 0 Å². The Morgan fingerprint density at radius 2 is 1.76 bits per heavy atom. The van der Waals surface area contributed by atoms with Gasteiger partial charge < -0.3 is 14.4 Å². The quantitative estimate of drug-likeness (QED) is 0.601. The van der Waals surface area contributed by atoms with Gasteiger partial charge in [0.2, 0.25) is 0 Å². The van der Waals surface area contributed by atoms with Crippen molar-refractivity contribution in [3.05, 3.63) is 59.7 Å². The summed E-state index contributed by atoms with van der Waals surface area (Å²) in [6.07, 6.45) is -2.74. The van der Waals surface area contributed by atoms with E-state index in [2.05, 4.69) is 0 Å². The summed E-state index contributed by atoms with van der Waals surface area (Å²) in [4.78, 5) is 14.5. The number of ether oxygens (including phenoxy) is 2. The molecule has 1 aliphatic rings. The predicted octanol–water partition coefficient (Wildman–Crippen LogP) is 5.24. The van der Waals surface area contributed by atoms with Crippen molar-refractivity contribution in [3.8, 4) is 11.5 Å². The van der Waals surface area contributed by atoms with Gasteiger partial charge in [0, 0.05) is 6.04 Å². The molecule has 1 saturated carbocycles. The summed E-state index contributed by atoms with van der Waals surface area (Å²) in [6.45, 7) is 3.87. The molecule has 1 atom stereocenters. The summed E-state index contributed by atoms with van der Waals surface area (Å²) in [6, 6.07) is 11.8. The van der Waals surface area contributed by atoms with Crippen LogP contribution in [0.25, 0.3) is 0 Å². The van der Waals surface area contributed by atoms with Crippen LogP contribution in [0.5, 0.6) is 11.5 Å². The Hall–Kier alpha value is -2.70. The fourth-order valence-electron chi connectivity index (χ4n) is 3.28. The summed E-state index contributed by atoms with van der Waals surface area (Å²) in [5.74, 6) is 0.751. The summed E-state index contributed by atoms with van der Waals surface area (Å²) in [5, 5.41) is 0. The van der Waals surface area contributed by atoms with E-state index in [0.717, 1.165) is 25.0 Å². The van der Waals surface area contributed by atoms with Crippen molar-refractivity contribution in [3.63, 3.8) is 0 Å². The van der Waals surface area contributed by atoms with Gasteiger partial charge in [-0.25, -0.2) is 0 Å². The molecule has 1 amide bonds. The number of benzene rings is 2. The molecule has 1 fully saturated rings. The monoisotopic (exact) mass is 407 g/mol. The third kappa shape index (κ3) is 5.22. The zero-order chi connectivity index (χ0) is 21.0. The molecule has 0 saturated heterocycles. The molecule has 7 heteroatoms.